The summed E-state index contributed by atoms with van der Waals surface area (Å²) in [6.07, 6.45) is 1.23. The molecule has 0 spiro atoms. The van der Waals surface area contributed by atoms with E-state index in [1.54, 1.807) is 6.07 Å². The van der Waals surface area contributed by atoms with Crippen molar-refractivity contribution in [2.45, 2.75) is 19.3 Å². The van der Waals surface area contributed by atoms with Gasteiger partial charge in [0.05, 0.1) is 5.56 Å². The zero-order valence-corrected chi connectivity index (χ0v) is 8.19. The molecule has 1 heterocycles. The molecule has 1 N–H and O–H groups in total. The van der Waals surface area contributed by atoms with Crippen LogP contribution in [0.5, 0.6) is 0 Å². The van der Waals surface area contributed by atoms with Gasteiger partial charge in [0.1, 0.15) is 10.7 Å². The summed E-state index contributed by atoms with van der Waals surface area (Å²) in [6.45, 7) is 2.22. The van der Waals surface area contributed by atoms with E-state index in [9.17, 15) is 0 Å². The van der Waals surface area contributed by atoms with E-state index in [-0.39, 0.29) is 0 Å². The first-order valence-electron chi connectivity index (χ1n) is 4.35. The zero-order valence-electron chi connectivity index (χ0n) is 7.37. The number of nitrogens with zero attached hydrogens (tertiary/aromatic N) is 1. The van der Waals surface area contributed by atoms with Crippen LogP contribution in [0.3, 0.4) is 0 Å². The average Bonchev–Trinajstić information content (AvgIpc) is 2.82. The quantitative estimate of drug-likeness (QED) is 0.691. The van der Waals surface area contributed by atoms with Crippen molar-refractivity contribution >= 4 is 12.2 Å². The molecule has 1 aromatic rings. The van der Waals surface area contributed by atoms with Crippen LogP contribution < -0.4 is 0 Å². The second-order valence-corrected chi connectivity index (χ2v) is 4.00. The maximum atomic E-state index is 8.68. The molecule has 1 aliphatic rings. The van der Waals surface area contributed by atoms with Gasteiger partial charge in [-0.25, -0.2) is 0 Å². The van der Waals surface area contributed by atoms with Crippen LogP contribution in [0.25, 0.3) is 0 Å². The fourth-order valence-corrected chi connectivity index (χ4v) is 1.78. The summed E-state index contributed by atoms with van der Waals surface area (Å²) in [5, 5.41) is 8.68. The molecule has 13 heavy (non-hydrogen) atoms. The Morgan fingerprint density at radius 3 is 2.77 bits per heavy atom. The number of nitriles is 1. The largest absolute Gasteiger partial charge is 0.349 e. The van der Waals surface area contributed by atoms with Crippen LogP contribution in [0.2, 0.25) is 0 Å². The van der Waals surface area contributed by atoms with Crippen molar-refractivity contribution in [2.75, 3.05) is 0 Å². The Balaban J connectivity index is 2.38. The number of hydrogen-bond donors (Lipinski definition) is 1. The highest BCUT2D eigenvalue weighted by atomic mass is 32.1. The van der Waals surface area contributed by atoms with E-state index in [1.807, 2.05) is 6.07 Å². The minimum atomic E-state index is 0.562. The van der Waals surface area contributed by atoms with Crippen LogP contribution in [0.1, 0.15) is 30.5 Å². The third-order valence-electron chi connectivity index (χ3n) is 2.56. The Morgan fingerprint density at radius 2 is 2.31 bits per heavy atom. The number of pyridine rings is 1. The molecular weight excluding hydrogens is 180 g/mol. The fraction of sp³-hybridized carbons (Fsp3) is 0.400. The first-order chi connectivity index (χ1) is 6.22. The number of aromatic nitrogens is 1. The summed E-state index contributed by atoms with van der Waals surface area (Å²) in [7, 11) is 0. The van der Waals surface area contributed by atoms with E-state index in [0.717, 1.165) is 5.92 Å². The topological polar surface area (TPSA) is 39.6 Å². The molecule has 66 valence electrons. The lowest BCUT2D eigenvalue weighted by Crippen LogP contribution is -1.90. The van der Waals surface area contributed by atoms with Crippen LogP contribution in [-0.2, 0) is 0 Å². The highest BCUT2D eigenvalue weighted by molar-refractivity contribution is 7.71. The SMILES string of the molecule is CC1CC1c1ccc(C#N)c(=S)[nH]1. The molecule has 3 heteroatoms. The first-order valence-corrected chi connectivity index (χ1v) is 4.76. The van der Waals surface area contributed by atoms with E-state index in [0.29, 0.717) is 16.1 Å². The molecule has 2 rings (SSSR count). The van der Waals surface area contributed by atoms with Crippen LogP contribution in [0, 0.1) is 21.9 Å². The summed E-state index contributed by atoms with van der Waals surface area (Å²) < 4.78 is 0.569. The Hall–Kier alpha value is -1.14. The van der Waals surface area contributed by atoms with Gasteiger partial charge in [-0.05, 0) is 24.5 Å². The van der Waals surface area contributed by atoms with Gasteiger partial charge in [-0.15, -0.1) is 0 Å². The molecule has 2 unspecified atom stereocenters. The van der Waals surface area contributed by atoms with E-state index < -0.39 is 0 Å². The van der Waals surface area contributed by atoms with Crippen LogP contribution in [0.15, 0.2) is 12.1 Å². The highest BCUT2D eigenvalue weighted by Gasteiger charge is 2.34. The maximum Gasteiger partial charge on any atom is 0.121 e. The predicted molar refractivity (Wildman–Crippen MR) is 52.9 cm³/mol. The van der Waals surface area contributed by atoms with Crippen molar-refractivity contribution in [3.05, 3.63) is 28.0 Å². The van der Waals surface area contributed by atoms with Gasteiger partial charge >= 0.3 is 0 Å². The Kier molecular flexibility index (Phi) is 1.93. The first kappa shape index (κ1) is 8.46. The Labute approximate surface area is 82.2 Å². The lowest BCUT2D eigenvalue weighted by molar-refractivity contribution is 0.882. The normalized spacial score (nSPS) is 25.2. The second kappa shape index (κ2) is 2.97. The lowest BCUT2D eigenvalue weighted by Gasteiger charge is -1.98. The number of rotatable bonds is 1. The Morgan fingerprint density at radius 1 is 1.62 bits per heavy atom. The number of hydrogen-bond acceptors (Lipinski definition) is 2. The minimum Gasteiger partial charge on any atom is -0.349 e. The van der Waals surface area contributed by atoms with E-state index in [1.165, 1.54) is 12.1 Å². The summed E-state index contributed by atoms with van der Waals surface area (Å²) in [5.74, 6) is 1.40. The van der Waals surface area contributed by atoms with Crippen molar-refractivity contribution in [2.24, 2.45) is 5.92 Å². The zero-order chi connectivity index (χ0) is 9.42. The van der Waals surface area contributed by atoms with Crippen molar-refractivity contribution in [3.63, 3.8) is 0 Å². The summed E-state index contributed by atoms with van der Waals surface area (Å²) >= 11 is 5.05. The molecule has 1 fully saturated rings. The smallest absolute Gasteiger partial charge is 0.121 e. The molecule has 1 saturated carbocycles. The number of nitrogens with one attached hydrogen (secondary N) is 1. The van der Waals surface area contributed by atoms with Gasteiger partial charge in [-0.2, -0.15) is 5.26 Å². The standard InChI is InChI=1S/C10H10N2S/c1-6-4-8(6)9-3-2-7(5-11)10(13)12-9/h2-3,6,8H,4H2,1H3,(H,12,13). The van der Waals surface area contributed by atoms with Crippen molar-refractivity contribution < 1.29 is 0 Å². The van der Waals surface area contributed by atoms with Gasteiger partial charge in [-0.1, -0.05) is 19.1 Å². The van der Waals surface area contributed by atoms with Gasteiger partial charge in [0.15, 0.2) is 0 Å². The molecule has 0 saturated heterocycles. The third-order valence-corrected chi connectivity index (χ3v) is 2.88. The molecular formula is C10H10N2S. The van der Waals surface area contributed by atoms with E-state index >= 15 is 0 Å². The Bertz CT molecular complexity index is 427. The summed E-state index contributed by atoms with van der Waals surface area (Å²) in [5.41, 5.74) is 1.74. The molecule has 2 nitrogen and oxygen atoms in total. The van der Waals surface area contributed by atoms with Crippen molar-refractivity contribution in [3.8, 4) is 6.07 Å². The van der Waals surface area contributed by atoms with Gasteiger partial charge in [0.2, 0.25) is 0 Å². The molecule has 0 radical (unpaired) electrons. The summed E-state index contributed by atoms with van der Waals surface area (Å²) in [6, 6.07) is 5.84. The average molecular weight is 190 g/mol. The minimum absolute atomic E-state index is 0.562. The van der Waals surface area contributed by atoms with E-state index in [2.05, 4.69) is 18.0 Å². The molecule has 1 aliphatic carbocycles. The maximum absolute atomic E-state index is 8.68. The molecule has 0 aromatic carbocycles. The third kappa shape index (κ3) is 1.50. The molecule has 2 atom stereocenters. The number of H-pyrrole nitrogens is 1. The van der Waals surface area contributed by atoms with Crippen molar-refractivity contribution in [1.29, 1.82) is 5.26 Å². The lowest BCUT2D eigenvalue weighted by atomic mass is 10.2. The van der Waals surface area contributed by atoms with Gasteiger partial charge in [-0.3, -0.25) is 0 Å². The molecule has 0 aliphatic heterocycles. The van der Waals surface area contributed by atoms with Crippen LogP contribution in [0.4, 0.5) is 0 Å². The highest BCUT2D eigenvalue weighted by Crippen LogP contribution is 2.45. The predicted octanol–water partition coefficient (Wildman–Crippen LogP) is 2.74. The summed E-state index contributed by atoms with van der Waals surface area (Å²) in [4.78, 5) is 3.11. The molecule has 1 aromatic heterocycles. The van der Waals surface area contributed by atoms with Gasteiger partial charge in [0, 0.05) is 11.6 Å². The van der Waals surface area contributed by atoms with Crippen molar-refractivity contribution in [1.82, 2.24) is 4.98 Å². The monoisotopic (exact) mass is 190 g/mol. The van der Waals surface area contributed by atoms with Gasteiger partial charge < -0.3 is 4.98 Å². The number of aromatic amines is 1. The van der Waals surface area contributed by atoms with E-state index in [4.69, 9.17) is 17.5 Å². The fourth-order valence-electron chi connectivity index (χ4n) is 1.55. The van der Waals surface area contributed by atoms with Gasteiger partial charge in [0.25, 0.3) is 0 Å². The van der Waals surface area contributed by atoms with Crippen LogP contribution >= 0.6 is 12.2 Å². The van der Waals surface area contributed by atoms with Crippen LogP contribution in [-0.4, -0.2) is 4.98 Å². The molecule has 0 bridgehead atoms. The molecule has 0 amide bonds. The second-order valence-electron chi connectivity index (χ2n) is 3.59.